The Labute approximate surface area is 183 Å². The first-order chi connectivity index (χ1) is 15.0. The van der Waals surface area contributed by atoms with Crippen LogP contribution in [0.15, 0.2) is 34.4 Å². The summed E-state index contributed by atoms with van der Waals surface area (Å²) in [4.78, 5) is 32.2. The fourth-order valence-corrected chi connectivity index (χ4v) is 4.96. The van der Waals surface area contributed by atoms with Gasteiger partial charge in [0, 0.05) is 16.5 Å². The minimum atomic E-state index is -0.751. The Hall–Kier alpha value is -3.20. The molecule has 0 aliphatic heterocycles. The molecule has 0 spiro atoms. The first-order valence-electron chi connectivity index (χ1n) is 10.1. The smallest absolute Gasteiger partial charge is 0.263 e. The van der Waals surface area contributed by atoms with E-state index in [0.717, 1.165) is 36.1 Å². The first-order valence-corrected chi connectivity index (χ1v) is 10.9. The lowest BCUT2D eigenvalue weighted by atomic mass is 9.97. The third-order valence-electron chi connectivity index (χ3n) is 5.52. The molecule has 9 heteroatoms. The molecule has 2 heterocycles. The van der Waals surface area contributed by atoms with E-state index in [1.165, 1.54) is 22.0 Å². The van der Waals surface area contributed by atoms with Gasteiger partial charge in [-0.2, -0.15) is 5.10 Å². The molecule has 2 aromatic heterocycles. The van der Waals surface area contributed by atoms with E-state index < -0.39 is 11.9 Å². The molecule has 1 amide bonds. The standard InChI is InChI=1S/C22H24N4O4S/c1-13(20(27)25-24-11-14-8-9-15(29-2)10-17(14)30-3)26-12-23-21-19(22(26)28)16-6-4-5-7-18(16)31-21/h8-13H,4-7H2,1-3H3,(H,25,27)/b24-11+/t13-/m0/s1. The number of hydrogen-bond donors (Lipinski definition) is 1. The fraction of sp³-hybridized carbons (Fsp3) is 0.364. The molecule has 1 N–H and O–H groups in total. The van der Waals surface area contributed by atoms with E-state index in [1.54, 1.807) is 50.7 Å². The van der Waals surface area contributed by atoms with Crippen LogP contribution in [-0.2, 0) is 17.6 Å². The summed E-state index contributed by atoms with van der Waals surface area (Å²) in [5.74, 6) is 0.819. The van der Waals surface area contributed by atoms with Crippen molar-refractivity contribution in [3.05, 3.63) is 50.9 Å². The summed E-state index contributed by atoms with van der Waals surface area (Å²) >= 11 is 1.59. The average Bonchev–Trinajstić information content (AvgIpc) is 3.18. The molecule has 0 unspecified atom stereocenters. The molecular weight excluding hydrogens is 416 g/mol. The number of thiophene rings is 1. The Balaban J connectivity index is 1.53. The molecule has 1 aliphatic carbocycles. The maximum absolute atomic E-state index is 13.1. The normalized spacial score (nSPS) is 14.4. The Bertz CT molecular complexity index is 1210. The van der Waals surface area contributed by atoms with Gasteiger partial charge < -0.3 is 9.47 Å². The second-order valence-corrected chi connectivity index (χ2v) is 8.45. The zero-order valence-corrected chi connectivity index (χ0v) is 18.5. The van der Waals surface area contributed by atoms with Crippen LogP contribution in [0.1, 0.15) is 41.8 Å². The predicted molar refractivity (Wildman–Crippen MR) is 121 cm³/mol. The molecule has 1 aromatic carbocycles. The molecule has 31 heavy (non-hydrogen) atoms. The molecule has 1 aliphatic rings. The lowest BCUT2D eigenvalue weighted by Gasteiger charge is -2.14. The minimum absolute atomic E-state index is 0.173. The average molecular weight is 441 g/mol. The van der Waals surface area contributed by atoms with E-state index in [0.29, 0.717) is 22.4 Å². The Kier molecular flexibility index (Phi) is 6.03. The van der Waals surface area contributed by atoms with E-state index in [9.17, 15) is 9.59 Å². The highest BCUT2D eigenvalue weighted by atomic mass is 32.1. The van der Waals surface area contributed by atoms with Crippen molar-refractivity contribution in [3.63, 3.8) is 0 Å². The van der Waals surface area contributed by atoms with E-state index in [2.05, 4.69) is 15.5 Å². The molecule has 3 aromatic rings. The zero-order valence-electron chi connectivity index (χ0n) is 17.7. The van der Waals surface area contributed by atoms with E-state index in [-0.39, 0.29) is 5.56 Å². The van der Waals surface area contributed by atoms with Crippen LogP contribution in [-0.4, -0.2) is 35.9 Å². The van der Waals surface area contributed by atoms with Crippen molar-refractivity contribution in [1.82, 2.24) is 15.0 Å². The quantitative estimate of drug-likeness (QED) is 0.470. The van der Waals surface area contributed by atoms with Gasteiger partial charge in [-0.05, 0) is 50.3 Å². The van der Waals surface area contributed by atoms with Crippen molar-refractivity contribution in [2.75, 3.05) is 14.2 Å². The first kappa shape index (κ1) is 21.0. The number of benzene rings is 1. The van der Waals surface area contributed by atoms with Crippen LogP contribution in [0.3, 0.4) is 0 Å². The van der Waals surface area contributed by atoms with Crippen LogP contribution in [0.4, 0.5) is 0 Å². The Morgan fingerprint density at radius 1 is 1.29 bits per heavy atom. The number of carbonyl (C=O) groups is 1. The number of nitrogens with one attached hydrogen (secondary N) is 1. The fourth-order valence-electron chi connectivity index (χ4n) is 3.75. The third-order valence-corrected chi connectivity index (χ3v) is 6.72. The monoisotopic (exact) mass is 440 g/mol. The summed E-state index contributed by atoms with van der Waals surface area (Å²) in [5, 5.41) is 4.69. The Morgan fingerprint density at radius 3 is 2.87 bits per heavy atom. The summed E-state index contributed by atoms with van der Waals surface area (Å²) in [6, 6.07) is 4.53. The number of amides is 1. The van der Waals surface area contributed by atoms with Crippen LogP contribution in [0.2, 0.25) is 0 Å². The van der Waals surface area contributed by atoms with Crippen molar-refractivity contribution in [1.29, 1.82) is 0 Å². The van der Waals surface area contributed by atoms with Gasteiger partial charge in [0.15, 0.2) is 0 Å². The van der Waals surface area contributed by atoms with Gasteiger partial charge in [0.25, 0.3) is 11.5 Å². The van der Waals surface area contributed by atoms with Gasteiger partial charge in [0.05, 0.1) is 32.1 Å². The number of hydrogen-bond acceptors (Lipinski definition) is 7. The van der Waals surface area contributed by atoms with Crippen LogP contribution < -0.4 is 20.5 Å². The van der Waals surface area contributed by atoms with Gasteiger partial charge in [0.1, 0.15) is 22.4 Å². The van der Waals surface area contributed by atoms with Gasteiger partial charge in [-0.3, -0.25) is 14.2 Å². The highest BCUT2D eigenvalue weighted by Gasteiger charge is 2.23. The van der Waals surface area contributed by atoms with Gasteiger partial charge in [-0.15, -0.1) is 11.3 Å². The highest BCUT2D eigenvalue weighted by molar-refractivity contribution is 7.18. The number of ether oxygens (including phenoxy) is 2. The number of methoxy groups -OCH3 is 2. The van der Waals surface area contributed by atoms with Crippen molar-refractivity contribution >= 4 is 33.7 Å². The second kappa shape index (κ2) is 8.89. The molecule has 0 fully saturated rings. The number of rotatable bonds is 6. The summed E-state index contributed by atoms with van der Waals surface area (Å²) < 4.78 is 11.9. The minimum Gasteiger partial charge on any atom is -0.497 e. The van der Waals surface area contributed by atoms with E-state index in [4.69, 9.17) is 9.47 Å². The molecule has 162 valence electrons. The maximum Gasteiger partial charge on any atom is 0.263 e. The summed E-state index contributed by atoms with van der Waals surface area (Å²) in [5.41, 5.74) is 4.11. The molecule has 0 radical (unpaired) electrons. The van der Waals surface area contributed by atoms with Crippen LogP contribution in [0.25, 0.3) is 10.2 Å². The van der Waals surface area contributed by atoms with Gasteiger partial charge in [0.2, 0.25) is 0 Å². The molecule has 8 nitrogen and oxygen atoms in total. The lowest BCUT2D eigenvalue weighted by molar-refractivity contribution is -0.123. The predicted octanol–water partition coefficient (Wildman–Crippen LogP) is 3.07. The number of aromatic nitrogens is 2. The Morgan fingerprint density at radius 2 is 2.10 bits per heavy atom. The van der Waals surface area contributed by atoms with Crippen molar-refractivity contribution in [2.45, 2.75) is 38.6 Å². The van der Waals surface area contributed by atoms with Gasteiger partial charge >= 0.3 is 0 Å². The zero-order chi connectivity index (χ0) is 22.0. The third kappa shape index (κ3) is 4.05. The summed E-state index contributed by atoms with van der Waals surface area (Å²) in [6.45, 7) is 1.66. The van der Waals surface area contributed by atoms with Gasteiger partial charge in [-0.25, -0.2) is 10.4 Å². The van der Waals surface area contributed by atoms with Crippen molar-refractivity contribution < 1.29 is 14.3 Å². The number of carbonyl (C=O) groups excluding carboxylic acids is 1. The lowest BCUT2D eigenvalue weighted by Crippen LogP contribution is -2.34. The highest BCUT2D eigenvalue weighted by Crippen LogP contribution is 2.33. The summed E-state index contributed by atoms with van der Waals surface area (Å²) in [7, 11) is 3.12. The molecule has 0 saturated heterocycles. The molecule has 4 rings (SSSR count). The van der Waals surface area contributed by atoms with E-state index in [1.807, 2.05) is 0 Å². The van der Waals surface area contributed by atoms with Crippen molar-refractivity contribution in [2.24, 2.45) is 5.10 Å². The van der Waals surface area contributed by atoms with Crippen LogP contribution >= 0.6 is 11.3 Å². The molecule has 0 bridgehead atoms. The van der Waals surface area contributed by atoms with Crippen LogP contribution in [0, 0.1) is 0 Å². The maximum atomic E-state index is 13.1. The number of fused-ring (bicyclic) bond motifs is 3. The number of hydrazone groups is 1. The van der Waals surface area contributed by atoms with E-state index >= 15 is 0 Å². The molecule has 0 saturated carbocycles. The largest absolute Gasteiger partial charge is 0.497 e. The summed E-state index contributed by atoms with van der Waals surface area (Å²) in [6.07, 6.45) is 7.05. The molecular formula is C22H24N4O4S. The SMILES string of the molecule is COc1ccc(/C=N/NC(=O)[C@H](C)n2cnc3sc4c(c3c2=O)CCCC4)c(OC)c1. The topological polar surface area (TPSA) is 94.8 Å². The number of nitrogens with zero attached hydrogens (tertiary/aromatic N) is 3. The van der Waals surface area contributed by atoms with Gasteiger partial charge in [-0.1, -0.05) is 0 Å². The molecule has 1 atom stereocenters. The van der Waals surface area contributed by atoms with Crippen molar-refractivity contribution in [3.8, 4) is 11.5 Å². The number of aryl methyl sites for hydroxylation is 2. The van der Waals surface area contributed by atoms with Crippen LogP contribution in [0.5, 0.6) is 11.5 Å². The second-order valence-electron chi connectivity index (χ2n) is 7.37.